The number of carbonyl (C=O) groups is 2. The highest BCUT2D eigenvalue weighted by molar-refractivity contribution is 5.79. The summed E-state index contributed by atoms with van der Waals surface area (Å²) in [5.74, 6) is -0.979. The first-order valence-electron chi connectivity index (χ1n) is 11.6. The monoisotopic (exact) mass is 460 g/mol. The highest BCUT2D eigenvalue weighted by atomic mass is 19.4. The molecular weight excluding hydrogens is 425 g/mol. The summed E-state index contributed by atoms with van der Waals surface area (Å²) in [4.78, 5) is 26.3. The van der Waals surface area contributed by atoms with Gasteiger partial charge < -0.3 is 19.6 Å². The van der Waals surface area contributed by atoms with Crippen LogP contribution in [0.2, 0.25) is 0 Å². The van der Waals surface area contributed by atoms with Crippen LogP contribution in [0, 0.1) is 17.3 Å². The second-order valence-corrected chi connectivity index (χ2v) is 9.89. The van der Waals surface area contributed by atoms with E-state index in [1.165, 1.54) is 31.3 Å². The zero-order valence-electron chi connectivity index (χ0n) is 18.8. The average Bonchev–Trinajstić information content (AvgIpc) is 3.37. The molecule has 1 spiro atoms. The Balaban J connectivity index is 0.000000360. The van der Waals surface area contributed by atoms with Gasteiger partial charge in [-0.1, -0.05) is 11.6 Å². The maximum absolute atomic E-state index is 12.8. The normalized spacial score (nSPS) is 28.4. The van der Waals surface area contributed by atoms with Crippen LogP contribution in [-0.2, 0) is 14.3 Å². The number of carboxylic acids is 1. The van der Waals surface area contributed by atoms with E-state index in [0.29, 0.717) is 18.2 Å². The molecule has 1 saturated carbocycles. The van der Waals surface area contributed by atoms with Crippen LogP contribution >= 0.6 is 0 Å². The van der Waals surface area contributed by atoms with Gasteiger partial charge >= 0.3 is 12.1 Å². The van der Waals surface area contributed by atoms with E-state index in [0.717, 1.165) is 64.6 Å². The van der Waals surface area contributed by atoms with Gasteiger partial charge in [-0.15, -0.1) is 0 Å². The van der Waals surface area contributed by atoms with Crippen LogP contribution in [0.4, 0.5) is 13.2 Å². The molecule has 4 aliphatic rings. The molecular formula is C23H35F3N2O4. The van der Waals surface area contributed by atoms with Gasteiger partial charge in [-0.3, -0.25) is 4.79 Å². The van der Waals surface area contributed by atoms with Crippen LogP contribution in [0.1, 0.15) is 51.4 Å². The Morgan fingerprint density at radius 2 is 1.94 bits per heavy atom. The lowest BCUT2D eigenvalue weighted by atomic mass is 9.77. The summed E-state index contributed by atoms with van der Waals surface area (Å²) >= 11 is 0. The minimum absolute atomic E-state index is 0.273. The van der Waals surface area contributed by atoms with Crippen LogP contribution in [0.25, 0.3) is 0 Å². The Morgan fingerprint density at radius 3 is 2.53 bits per heavy atom. The van der Waals surface area contributed by atoms with Crippen molar-refractivity contribution in [2.45, 2.75) is 57.5 Å². The smallest absolute Gasteiger partial charge is 0.475 e. The summed E-state index contributed by atoms with van der Waals surface area (Å²) in [7, 11) is 2.22. The molecule has 0 aromatic rings. The van der Waals surface area contributed by atoms with Crippen molar-refractivity contribution in [3.63, 3.8) is 0 Å². The summed E-state index contributed by atoms with van der Waals surface area (Å²) in [5, 5.41) is 7.12. The van der Waals surface area contributed by atoms with Crippen molar-refractivity contribution in [2.75, 3.05) is 46.4 Å². The first kappa shape index (κ1) is 25.0. The third-order valence-corrected chi connectivity index (χ3v) is 7.10. The first-order valence-corrected chi connectivity index (χ1v) is 11.6. The number of allylic oxidation sites excluding steroid dienone is 1. The summed E-state index contributed by atoms with van der Waals surface area (Å²) in [6.45, 7) is 5.97. The molecule has 6 nitrogen and oxygen atoms in total. The lowest BCUT2D eigenvalue weighted by Gasteiger charge is -2.30. The molecule has 0 radical (unpaired) electrons. The minimum Gasteiger partial charge on any atom is -0.475 e. The Hall–Kier alpha value is -1.61. The molecule has 9 heteroatoms. The molecule has 0 aromatic heterocycles. The van der Waals surface area contributed by atoms with E-state index in [1.54, 1.807) is 0 Å². The van der Waals surface area contributed by atoms with Crippen molar-refractivity contribution in [3.05, 3.63) is 11.6 Å². The maximum atomic E-state index is 12.8. The van der Waals surface area contributed by atoms with E-state index in [2.05, 4.69) is 22.9 Å². The third-order valence-electron chi connectivity index (χ3n) is 7.10. The summed E-state index contributed by atoms with van der Waals surface area (Å²) in [6.07, 6.45) is 6.59. The van der Waals surface area contributed by atoms with Crippen LogP contribution in [-0.4, -0.2) is 79.4 Å². The molecule has 4 rings (SSSR count). The van der Waals surface area contributed by atoms with Gasteiger partial charge in [0.15, 0.2) is 0 Å². The summed E-state index contributed by atoms with van der Waals surface area (Å²) < 4.78 is 37.8. The zero-order chi connectivity index (χ0) is 23.4. The molecule has 1 N–H and O–H groups in total. The largest absolute Gasteiger partial charge is 0.490 e. The van der Waals surface area contributed by atoms with Crippen molar-refractivity contribution in [2.24, 2.45) is 17.3 Å². The number of rotatable bonds is 6. The van der Waals surface area contributed by atoms with Crippen molar-refractivity contribution < 1.29 is 32.6 Å². The number of aliphatic carboxylic acids is 1. The van der Waals surface area contributed by atoms with Gasteiger partial charge in [-0.05, 0) is 57.9 Å². The Bertz CT molecular complexity index is 708. The fourth-order valence-electron chi connectivity index (χ4n) is 5.13. The number of hydrogen-bond acceptors (Lipinski definition) is 4. The Kier molecular flexibility index (Phi) is 8.25. The van der Waals surface area contributed by atoms with Gasteiger partial charge in [0.25, 0.3) is 0 Å². The number of alkyl halides is 3. The maximum Gasteiger partial charge on any atom is 0.490 e. The number of likely N-dealkylation sites (tertiary alicyclic amines) is 2. The third kappa shape index (κ3) is 6.94. The summed E-state index contributed by atoms with van der Waals surface area (Å²) in [6, 6.07) is 0. The second-order valence-electron chi connectivity index (χ2n) is 9.89. The molecule has 3 fully saturated rings. The van der Waals surface area contributed by atoms with Crippen LogP contribution in [0.15, 0.2) is 11.6 Å². The molecule has 2 aliphatic heterocycles. The van der Waals surface area contributed by atoms with E-state index in [9.17, 15) is 18.0 Å². The van der Waals surface area contributed by atoms with E-state index < -0.39 is 12.1 Å². The van der Waals surface area contributed by atoms with Crippen LogP contribution < -0.4 is 0 Å². The average molecular weight is 461 g/mol. The number of halogens is 3. The second kappa shape index (κ2) is 10.5. The number of amides is 1. The van der Waals surface area contributed by atoms with E-state index >= 15 is 0 Å². The van der Waals surface area contributed by atoms with Gasteiger partial charge in [-0.2, -0.15) is 13.2 Å². The molecule has 2 atom stereocenters. The van der Waals surface area contributed by atoms with E-state index in [4.69, 9.17) is 14.6 Å². The number of ether oxygens (including phenoxy) is 1. The molecule has 182 valence electrons. The lowest BCUT2D eigenvalue weighted by Crippen LogP contribution is -2.38. The van der Waals surface area contributed by atoms with Gasteiger partial charge in [0.1, 0.15) is 0 Å². The Morgan fingerprint density at radius 1 is 1.22 bits per heavy atom. The topological polar surface area (TPSA) is 70.1 Å². The predicted octanol–water partition coefficient (Wildman–Crippen LogP) is 3.72. The Labute approximate surface area is 187 Å². The number of nitrogens with zero attached hydrogens (tertiary/aromatic N) is 2. The molecule has 0 aromatic carbocycles. The standard InChI is InChI=1S/C21H34N2O2.C2HF3O2/c1-22-12-19(14-25-13-18-7-8-18)21(15-22)9-10-23(16-21)20(24)11-17-5-3-2-4-6-17;3-2(4,5)1(6)7/h5,18-19H,2-4,6-16H2,1H3;(H,6,7)/t19-,21+;/m0./s1. The van der Waals surface area contributed by atoms with E-state index in [-0.39, 0.29) is 5.41 Å². The molecule has 2 saturated heterocycles. The molecule has 1 amide bonds. The molecule has 0 unspecified atom stereocenters. The number of carbonyl (C=O) groups excluding carboxylic acids is 1. The van der Waals surface area contributed by atoms with E-state index in [1.807, 2.05) is 0 Å². The molecule has 2 aliphatic carbocycles. The fourth-order valence-corrected chi connectivity index (χ4v) is 5.13. The molecule has 0 bridgehead atoms. The van der Waals surface area contributed by atoms with Crippen molar-refractivity contribution in [3.8, 4) is 0 Å². The van der Waals surface area contributed by atoms with Gasteiger partial charge in [0, 0.05) is 50.5 Å². The number of carboxylic acid groups (broad SMARTS) is 1. The SMILES string of the molecule is CN1C[C@@H](COCC2CC2)[C@]2(CCN(C(=O)CC3=CCCCC3)C2)C1.O=C(O)C(F)(F)F. The van der Waals surface area contributed by atoms with Crippen molar-refractivity contribution >= 4 is 11.9 Å². The molecule has 2 heterocycles. The highest BCUT2D eigenvalue weighted by Gasteiger charge is 2.50. The lowest BCUT2D eigenvalue weighted by molar-refractivity contribution is -0.192. The number of hydrogen-bond donors (Lipinski definition) is 1. The molecule has 32 heavy (non-hydrogen) atoms. The highest BCUT2D eigenvalue weighted by Crippen LogP contribution is 2.44. The van der Waals surface area contributed by atoms with Gasteiger partial charge in [0.05, 0.1) is 6.61 Å². The summed E-state index contributed by atoms with van der Waals surface area (Å²) in [5.41, 5.74) is 1.65. The zero-order valence-corrected chi connectivity index (χ0v) is 18.8. The van der Waals surface area contributed by atoms with Gasteiger partial charge in [0.2, 0.25) is 5.91 Å². The van der Waals surface area contributed by atoms with Crippen molar-refractivity contribution in [1.29, 1.82) is 0 Å². The quantitative estimate of drug-likeness (QED) is 0.612. The first-order chi connectivity index (χ1) is 15.1. The van der Waals surface area contributed by atoms with Crippen LogP contribution in [0.3, 0.4) is 0 Å². The van der Waals surface area contributed by atoms with Crippen molar-refractivity contribution in [1.82, 2.24) is 9.80 Å². The van der Waals surface area contributed by atoms with Gasteiger partial charge in [-0.25, -0.2) is 4.79 Å². The van der Waals surface area contributed by atoms with Crippen LogP contribution in [0.5, 0.6) is 0 Å². The minimum atomic E-state index is -5.08. The predicted molar refractivity (Wildman–Crippen MR) is 113 cm³/mol. The fraction of sp³-hybridized carbons (Fsp3) is 0.826.